The summed E-state index contributed by atoms with van der Waals surface area (Å²) < 4.78 is 11.4. The molecule has 0 bridgehead atoms. The lowest BCUT2D eigenvalue weighted by molar-refractivity contribution is -0.127. The smallest absolute Gasteiger partial charge is 0.261 e. The fourth-order valence-corrected chi connectivity index (χ4v) is 3.56. The predicted molar refractivity (Wildman–Crippen MR) is 115 cm³/mol. The molecule has 0 radical (unpaired) electrons. The molecule has 1 aromatic heterocycles. The van der Waals surface area contributed by atoms with Crippen molar-refractivity contribution in [1.82, 2.24) is 10.3 Å². The number of nitrogens with zero attached hydrogens (tertiary/aromatic N) is 2. The van der Waals surface area contributed by atoms with Gasteiger partial charge in [0.05, 0.1) is 17.2 Å². The predicted octanol–water partition coefficient (Wildman–Crippen LogP) is 4.09. The molecule has 0 spiro atoms. The number of amides is 1. The van der Waals surface area contributed by atoms with Crippen LogP contribution in [0.2, 0.25) is 10.0 Å². The maximum atomic E-state index is 12.3. The van der Waals surface area contributed by atoms with Crippen molar-refractivity contribution in [2.45, 2.75) is 45.6 Å². The van der Waals surface area contributed by atoms with Crippen molar-refractivity contribution in [2.75, 3.05) is 18.0 Å². The van der Waals surface area contributed by atoms with Gasteiger partial charge in [-0.25, -0.2) is 4.98 Å². The van der Waals surface area contributed by atoms with Gasteiger partial charge in [0.25, 0.3) is 5.91 Å². The van der Waals surface area contributed by atoms with Gasteiger partial charge < -0.3 is 19.7 Å². The van der Waals surface area contributed by atoms with Gasteiger partial charge in [-0.15, -0.1) is 0 Å². The van der Waals surface area contributed by atoms with Crippen LogP contribution >= 0.6 is 23.2 Å². The third kappa shape index (κ3) is 5.75. The van der Waals surface area contributed by atoms with Crippen LogP contribution in [0.1, 0.15) is 26.3 Å². The molecule has 1 aliphatic rings. The lowest BCUT2D eigenvalue weighted by Crippen LogP contribution is -2.45. The fourth-order valence-electron chi connectivity index (χ4n) is 3.23. The third-order valence-electron chi connectivity index (χ3n) is 4.61. The van der Waals surface area contributed by atoms with E-state index in [2.05, 4.69) is 29.0 Å². The second kappa shape index (κ2) is 9.65. The lowest BCUT2D eigenvalue weighted by Gasteiger charge is -2.36. The minimum Gasteiger partial charge on any atom is -0.479 e. The van der Waals surface area contributed by atoms with E-state index in [-0.39, 0.29) is 18.1 Å². The minimum atomic E-state index is -0.713. The van der Waals surface area contributed by atoms with E-state index in [9.17, 15) is 4.79 Å². The molecule has 156 valence electrons. The Balaban J connectivity index is 1.53. The molecule has 8 heteroatoms. The Morgan fingerprint density at radius 1 is 1.28 bits per heavy atom. The number of halogens is 2. The SMILES string of the molecule is CC1CN(c2ccc(CNC(=O)C(C)Oc3cccc(Cl)c3Cl)cn2)CC(C)O1. The molecule has 29 heavy (non-hydrogen) atoms. The van der Waals surface area contributed by atoms with Crippen molar-refractivity contribution in [3.05, 3.63) is 52.1 Å². The number of ether oxygens (including phenoxy) is 2. The second-order valence-corrected chi connectivity index (χ2v) is 8.00. The Kier molecular flexibility index (Phi) is 7.22. The van der Waals surface area contributed by atoms with Crippen molar-refractivity contribution in [2.24, 2.45) is 0 Å². The standard InChI is InChI=1S/C21H25Cl2N3O3/c1-13-11-26(12-14(2)28-13)19-8-7-16(9-24-19)10-25-21(27)15(3)29-18-6-4-5-17(22)20(18)23/h4-9,13-15H,10-12H2,1-3H3,(H,25,27). The topological polar surface area (TPSA) is 63.7 Å². The van der Waals surface area contributed by atoms with Crippen LogP contribution in [0, 0.1) is 0 Å². The van der Waals surface area contributed by atoms with Crippen LogP contribution in [0.3, 0.4) is 0 Å². The Labute approximate surface area is 181 Å². The van der Waals surface area contributed by atoms with Crippen LogP contribution < -0.4 is 15.0 Å². The van der Waals surface area contributed by atoms with Crippen LogP contribution in [0.25, 0.3) is 0 Å². The van der Waals surface area contributed by atoms with E-state index in [1.54, 1.807) is 31.3 Å². The monoisotopic (exact) mass is 437 g/mol. The number of aromatic nitrogens is 1. The summed E-state index contributed by atoms with van der Waals surface area (Å²) in [5.41, 5.74) is 0.907. The summed E-state index contributed by atoms with van der Waals surface area (Å²) >= 11 is 12.1. The van der Waals surface area contributed by atoms with Crippen molar-refractivity contribution >= 4 is 34.9 Å². The first-order valence-electron chi connectivity index (χ1n) is 9.57. The molecule has 3 rings (SSSR count). The molecule has 1 N–H and O–H groups in total. The van der Waals surface area contributed by atoms with Crippen LogP contribution in [-0.2, 0) is 16.1 Å². The summed E-state index contributed by atoms with van der Waals surface area (Å²) in [7, 11) is 0. The number of morpholine rings is 1. The van der Waals surface area contributed by atoms with Gasteiger partial charge in [0.1, 0.15) is 16.6 Å². The summed E-state index contributed by atoms with van der Waals surface area (Å²) in [5.74, 6) is 1.04. The summed E-state index contributed by atoms with van der Waals surface area (Å²) in [6.07, 6.45) is 1.41. The van der Waals surface area contributed by atoms with Crippen LogP contribution in [-0.4, -0.2) is 42.3 Å². The van der Waals surface area contributed by atoms with E-state index in [0.29, 0.717) is 22.3 Å². The molecule has 6 nitrogen and oxygen atoms in total. The number of anilines is 1. The van der Waals surface area contributed by atoms with Gasteiger partial charge in [-0.3, -0.25) is 4.79 Å². The number of pyridine rings is 1. The zero-order valence-electron chi connectivity index (χ0n) is 16.7. The summed E-state index contributed by atoms with van der Waals surface area (Å²) in [4.78, 5) is 19.1. The number of carbonyl (C=O) groups excluding carboxylic acids is 1. The number of hydrogen-bond donors (Lipinski definition) is 1. The first-order chi connectivity index (χ1) is 13.8. The van der Waals surface area contributed by atoms with Crippen LogP contribution in [0.15, 0.2) is 36.5 Å². The molecule has 1 saturated heterocycles. The molecule has 3 unspecified atom stereocenters. The van der Waals surface area contributed by atoms with E-state index >= 15 is 0 Å². The first-order valence-corrected chi connectivity index (χ1v) is 10.3. The maximum absolute atomic E-state index is 12.3. The Hall–Kier alpha value is -2.02. The second-order valence-electron chi connectivity index (χ2n) is 7.22. The van der Waals surface area contributed by atoms with Gasteiger partial charge >= 0.3 is 0 Å². The Morgan fingerprint density at radius 2 is 2.00 bits per heavy atom. The number of hydrogen-bond acceptors (Lipinski definition) is 5. The lowest BCUT2D eigenvalue weighted by atomic mass is 10.2. The molecule has 3 atom stereocenters. The molecule has 0 aliphatic carbocycles. The Morgan fingerprint density at radius 3 is 2.66 bits per heavy atom. The molecule has 1 aromatic carbocycles. The number of nitrogens with one attached hydrogen (secondary N) is 1. The summed E-state index contributed by atoms with van der Waals surface area (Å²) in [6.45, 7) is 7.77. The third-order valence-corrected chi connectivity index (χ3v) is 5.41. The normalized spacial score (nSPS) is 20.2. The zero-order chi connectivity index (χ0) is 21.0. The van der Waals surface area contributed by atoms with E-state index in [1.807, 2.05) is 12.1 Å². The number of carbonyl (C=O) groups is 1. The van der Waals surface area contributed by atoms with Crippen molar-refractivity contribution in [3.63, 3.8) is 0 Å². The molecule has 2 heterocycles. The van der Waals surface area contributed by atoms with Crippen molar-refractivity contribution in [3.8, 4) is 5.75 Å². The molecule has 1 amide bonds. The summed E-state index contributed by atoms with van der Waals surface area (Å²) in [6, 6.07) is 8.99. The van der Waals surface area contributed by atoms with Crippen LogP contribution in [0.5, 0.6) is 5.75 Å². The van der Waals surface area contributed by atoms with Gasteiger partial charge in [0.2, 0.25) is 0 Å². The van der Waals surface area contributed by atoms with Gasteiger partial charge in [0.15, 0.2) is 6.10 Å². The van der Waals surface area contributed by atoms with E-state index in [1.165, 1.54) is 0 Å². The summed E-state index contributed by atoms with van der Waals surface area (Å²) in [5, 5.41) is 3.53. The number of benzene rings is 1. The highest BCUT2D eigenvalue weighted by Crippen LogP contribution is 2.32. The average molecular weight is 438 g/mol. The van der Waals surface area contributed by atoms with E-state index in [4.69, 9.17) is 32.7 Å². The number of rotatable bonds is 6. The molecule has 1 fully saturated rings. The van der Waals surface area contributed by atoms with Crippen molar-refractivity contribution < 1.29 is 14.3 Å². The Bertz CT molecular complexity index is 838. The van der Waals surface area contributed by atoms with E-state index in [0.717, 1.165) is 24.5 Å². The molecule has 2 aromatic rings. The highest BCUT2D eigenvalue weighted by Gasteiger charge is 2.23. The highest BCUT2D eigenvalue weighted by molar-refractivity contribution is 6.42. The van der Waals surface area contributed by atoms with Crippen molar-refractivity contribution in [1.29, 1.82) is 0 Å². The van der Waals surface area contributed by atoms with Gasteiger partial charge in [0, 0.05) is 25.8 Å². The quantitative estimate of drug-likeness (QED) is 0.736. The average Bonchev–Trinajstić information content (AvgIpc) is 2.69. The van der Waals surface area contributed by atoms with Gasteiger partial charge in [-0.05, 0) is 44.5 Å². The largest absolute Gasteiger partial charge is 0.479 e. The maximum Gasteiger partial charge on any atom is 0.261 e. The molecular weight excluding hydrogens is 413 g/mol. The molecular formula is C21H25Cl2N3O3. The first kappa shape index (κ1) is 21.7. The fraction of sp³-hybridized carbons (Fsp3) is 0.429. The van der Waals surface area contributed by atoms with Crippen LogP contribution in [0.4, 0.5) is 5.82 Å². The zero-order valence-corrected chi connectivity index (χ0v) is 18.2. The molecule has 1 aliphatic heterocycles. The highest BCUT2D eigenvalue weighted by atomic mass is 35.5. The van der Waals surface area contributed by atoms with Gasteiger partial charge in [-0.1, -0.05) is 35.3 Å². The molecule has 0 saturated carbocycles. The minimum absolute atomic E-state index is 0.175. The van der Waals surface area contributed by atoms with Gasteiger partial charge in [-0.2, -0.15) is 0 Å². The van der Waals surface area contributed by atoms with E-state index < -0.39 is 6.10 Å².